The Morgan fingerprint density at radius 2 is 2.20 bits per heavy atom. The molecule has 0 N–H and O–H groups in total. The lowest BCUT2D eigenvalue weighted by Crippen LogP contribution is -2.02. The molecular formula is C10H10BrClN2S. The van der Waals surface area contributed by atoms with Crippen LogP contribution in [0.2, 0.25) is 5.15 Å². The maximum atomic E-state index is 6.09. The topological polar surface area (TPSA) is 17.8 Å². The standard InChI is InChI=1S/C10H10BrClN2S/c1-6(2)14-9(12)5-13-10(14)7-3-4-8(11)15-7/h3-6H,1-2H3. The van der Waals surface area contributed by atoms with Gasteiger partial charge in [0.05, 0.1) is 14.9 Å². The lowest BCUT2D eigenvalue weighted by atomic mass is 10.3. The maximum Gasteiger partial charge on any atom is 0.151 e. The summed E-state index contributed by atoms with van der Waals surface area (Å²) in [6, 6.07) is 4.38. The Kier molecular flexibility index (Phi) is 3.19. The van der Waals surface area contributed by atoms with Gasteiger partial charge in [0.15, 0.2) is 5.82 Å². The number of rotatable bonds is 2. The third kappa shape index (κ3) is 2.12. The lowest BCUT2D eigenvalue weighted by Gasteiger charge is -2.11. The van der Waals surface area contributed by atoms with Gasteiger partial charge in [-0.1, -0.05) is 11.6 Å². The second kappa shape index (κ2) is 4.28. The molecule has 2 heterocycles. The van der Waals surface area contributed by atoms with Crippen LogP contribution in [-0.4, -0.2) is 9.55 Å². The molecule has 0 saturated heterocycles. The first-order chi connectivity index (χ1) is 7.09. The van der Waals surface area contributed by atoms with E-state index in [-0.39, 0.29) is 0 Å². The Hall–Kier alpha value is -0.320. The summed E-state index contributed by atoms with van der Waals surface area (Å²) in [6.07, 6.45) is 1.70. The highest BCUT2D eigenvalue weighted by Gasteiger charge is 2.14. The summed E-state index contributed by atoms with van der Waals surface area (Å²) in [5.74, 6) is 0.936. The van der Waals surface area contributed by atoms with Crippen LogP contribution in [0.1, 0.15) is 19.9 Å². The number of hydrogen-bond donors (Lipinski definition) is 0. The zero-order valence-electron chi connectivity index (χ0n) is 8.37. The monoisotopic (exact) mass is 304 g/mol. The fourth-order valence-electron chi connectivity index (χ4n) is 1.45. The normalized spacial score (nSPS) is 11.3. The zero-order chi connectivity index (χ0) is 11.0. The first kappa shape index (κ1) is 11.2. The van der Waals surface area contributed by atoms with Crippen LogP contribution in [0.4, 0.5) is 0 Å². The highest BCUT2D eigenvalue weighted by molar-refractivity contribution is 9.11. The van der Waals surface area contributed by atoms with Gasteiger partial charge in [0.2, 0.25) is 0 Å². The lowest BCUT2D eigenvalue weighted by molar-refractivity contribution is 0.608. The molecule has 0 bridgehead atoms. The zero-order valence-corrected chi connectivity index (χ0v) is 11.5. The van der Waals surface area contributed by atoms with Crippen LogP contribution in [0, 0.1) is 0 Å². The molecule has 0 aromatic carbocycles. The van der Waals surface area contributed by atoms with Gasteiger partial charge in [-0.25, -0.2) is 4.98 Å². The molecule has 2 aromatic rings. The molecule has 0 saturated carbocycles. The number of halogens is 2. The molecule has 0 aliphatic heterocycles. The molecule has 80 valence electrons. The van der Waals surface area contributed by atoms with Crippen LogP contribution in [0.15, 0.2) is 22.1 Å². The molecule has 0 spiro atoms. The first-order valence-electron chi connectivity index (χ1n) is 4.58. The number of nitrogens with zero attached hydrogens (tertiary/aromatic N) is 2. The molecule has 0 radical (unpaired) electrons. The molecule has 0 amide bonds. The SMILES string of the molecule is CC(C)n1c(Cl)cnc1-c1ccc(Br)s1. The van der Waals surface area contributed by atoms with Crippen molar-refractivity contribution in [2.24, 2.45) is 0 Å². The summed E-state index contributed by atoms with van der Waals surface area (Å²) in [7, 11) is 0. The number of imidazole rings is 1. The van der Waals surface area contributed by atoms with Crippen molar-refractivity contribution in [3.63, 3.8) is 0 Å². The van der Waals surface area contributed by atoms with E-state index in [1.807, 2.05) is 16.7 Å². The van der Waals surface area contributed by atoms with Crippen LogP contribution in [-0.2, 0) is 0 Å². The Morgan fingerprint density at radius 1 is 1.47 bits per heavy atom. The Morgan fingerprint density at radius 3 is 2.73 bits per heavy atom. The van der Waals surface area contributed by atoms with Crippen molar-refractivity contribution in [2.45, 2.75) is 19.9 Å². The van der Waals surface area contributed by atoms with Gasteiger partial charge < -0.3 is 4.57 Å². The summed E-state index contributed by atoms with van der Waals surface area (Å²) in [5.41, 5.74) is 0. The predicted octanol–water partition coefficient (Wildman–Crippen LogP) is 4.61. The van der Waals surface area contributed by atoms with E-state index in [1.165, 1.54) is 0 Å². The molecule has 5 heteroatoms. The van der Waals surface area contributed by atoms with E-state index in [0.29, 0.717) is 11.2 Å². The van der Waals surface area contributed by atoms with Crippen molar-refractivity contribution in [1.29, 1.82) is 0 Å². The van der Waals surface area contributed by atoms with Crippen LogP contribution in [0.25, 0.3) is 10.7 Å². The van der Waals surface area contributed by atoms with Crippen LogP contribution >= 0.6 is 38.9 Å². The van der Waals surface area contributed by atoms with E-state index < -0.39 is 0 Å². The summed E-state index contributed by atoms with van der Waals surface area (Å²) in [6.45, 7) is 4.19. The molecule has 2 nitrogen and oxygen atoms in total. The molecular weight excluding hydrogens is 296 g/mol. The van der Waals surface area contributed by atoms with Gasteiger partial charge >= 0.3 is 0 Å². The smallest absolute Gasteiger partial charge is 0.151 e. The van der Waals surface area contributed by atoms with Crippen molar-refractivity contribution >= 4 is 38.9 Å². The first-order valence-corrected chi connectivity index (χ1v) is 6.56. The van der Waals surface area contributed by atoms with Crippen molar-refractivity contribution in [3.05, 3.63) is 27.3 Å². The minimum absolute atomic E-state index is 0.316. The van der Waals surface area contributed by atoms with E-state index in [2.05, 4.69) is 34.8 Å². The Balaban J connectivity index is 2.53. The van der Waals surface area contributed by atoms with Crippen molar-refractivity contribution in [2.75, 3.05) is 0 Å². The van der Waals surface area contributed by atoms with Gasteiger partial charge in [-0.3, -0.25) is 0 Å². The molecule has 0 atom stereocenters. The van der Waals surface area contributed by atoms with E-state index in [0.717, 1.165) is 14.5 Å². The fourth-order valence-corrected chi connectivity index (χ4v) is 3.15. The number of aromatic nitrogens is 2. The fraction of sp³-hybridized carbons (Fsp3) is 0.300. The van der Waals surface area contributed by atoms with Crippen LogP contribution < -0.4 is 0 Å². The minimum atomic E-state index is 0.316. The van der Waals surface area contributed by atoms with Crippen molar-refractivity contribution in [3.8, 4) is 10.7 Å². The van der Waals surface area contributed by atoms with E-state index in [1.54, 1.807) is 17.5 Å². The van der Waals surface area contributed by atoms with Crippen LogP contribution in [0.3, 0.4) is 0 Å². The third-order valence-corrected chi connectivity index (χ3v) is 3.96. The minimum Gasteiger partial charge on any atom is -0.312 e. The molecule has 15 heavy (non-hydrogen) atoms. The van der Waals surface area contributed by atoms with Gasteiger partial charge in [0.1, 0.15) is 5.15 Å². The van der Waals surface area contributed by atoms with Crippen molar-refractivity contribution < 1.29 is 0 Å². The van der Waals surface area contributed by atoms with E-state index in [9.17, 15) is 0 Å². The molecule has 2 rings (SSSR count). The summed E-state index contributed by atoms with van der Waals surface area (Å²) in [5, 5.41) is 0.685. The number of hydrogen-bond acceptors (Lipinski definition) is 2. The quantitative estimate of drug-likeness (QED) is 0.792. The highest BCUT2D eigenvalue weighted by Crippen LogP contribution is 2.33. The average Bonchev–Trinajstić information content (AvgIpc) is 2.71. The Bertz CT molecular complexity index is 475. The predicted molar refractivity (Wildman–Crippen MR) is 68.6 cm³/mol. The molecule has 0 unspecified atom stereocenters. The molecule has 2 aromatic heterocycles. The van der Waals surface area contributed by atoms with Crippen LogP contribution in [0.5, 0.6) is 0 Å². The second-order valence-electron chi connectivity index (χ2n) is 3.47. The third-order valence-electron chi connectivity index (χ3n) is 2.06. The van der Waals surface area contributed by atoms with Gasteiger partial charge in [0.25, 0.3) is 0 Å². The van der Waals surface area contributed by atoms with Gasteiger partial charge in [-0.2, -0.15) is 0 Å². The van der Waals surface area contributed by atoms with E-state index in [4.69, 9.17) is 11.6 Å². The molecule has 0 aliphatic carbocycles. The Labute approximate surface area is 106 Å². The van der Waals surface area contributed by atoms with Gasteiger partial charge in [-0.05, 0) is 41.9 Å². The van der Waals surface area contributed by atoms with E-state index >= 15 is 0 Å². The average molecular weight is 306 g/mol. The summed E-state index contributed by atoms with van der Waals surface area (Å²) >= 11 is 11.2. The molecule has 0 aliphatic rings. The van der Waals surface area contributed by atoms with Gasteiger partial charge in [0, 0.05) is 6.04 Å². The largest absolute Gasteiger partial charge is 0.312 e. The number of thiophene rings is 1. The maximum absolute atomic E-state index is 6.09. The highest BCUT2D eigenvalue weighted by atomic mass is 79.9. The van der Waals surface area contributed by atoms with Crippen molar-refractivity contribution in [1.82, 2.24) is 9.55 Å². The summed E-state index contributed by atoms with van der Waals surface area (Å²) in [4.78, 5) is 5.47. The van der Waals surface area contributed by atoms with Gasteiger partial charge in [-0.15, -0.1) is 11.3 Å². The second-order valence-corrected chi connectivity index (χ2v) is 6.32. The molecule has 0 fully saturated rings. The summed E-state index contributed by atoms with van der Waals surface area (Å²) < 4.78 is 3.13.